The third-order valence-corrected chi connectivity index (χ3v) is 4.46. The van der Waals surface area contributed by atoms with Crippen molar-refractivity contribution in [1.29, 1.82) is 0 Å². The molecule has 0 saturated carbocycles. The zero-order valence-electron chi connectivity index (χ0n) is 14.4. The maximum absolute atomic E-state index is 14.1. The van der Waals surface area contributed by atoms with Crippen molar-refractivity contribution in [3.05, 3.63) is 93.6 Å². The summed E-state index contributed by atoms with van der Waals surface area (Å²) in [5.74, 6) is -0.658. The number of fused-ring (bicyclic) bond motifs is 1. The lowest BCUT2D eigenvalue weighted by molar-refractivity contribution is 0.435. The van der Waals surface area contributed by atoms with E-state index in [1.54, 1.807) is 42.5 Å². The summed E-state index contributed by atoms with van der Waals surface area (Å²) >= 11 is 5.77. The molecule has 4 aromatic rings. The second-order valence-corrected chi connectivity index (χ2v) is 6.40. The number of aromatic hydroxyl groups is 1. The molecule has 5 nitrogen and oxygen atoms in total. The standard InChI is InChI=1S/C21H13ClFN3O2/c22-13-8-9-18(17(23)11-13)25-12-16-14-5-1-2-6-15(14)20(27)26(21(16)28)19-7-3-4-10-24-19/h1-12,28H. The number of hydrogen-bond acceptors (Lipinski definition) is 4. The van der Waals surface area contributed by atoms with Crippen LogP contribution in [0, 0.1) is 5.82 Å². The highest BCUT2D eigenvalue weighted by atomic mass is 35.5. The van der Waals surface area contributed by atoms with Crippen LogP contribution in [-0.4, -0.2) is 20.9 Å². The molecule has 0 bridgehead atoms. The van der Waals surface area contributed by atoms with E-state index in [4.69, 9.17) is 11.6 Å². The van der Waals surface area contributed by atoms with Crippen LogP contribution >= 0.6 is 11.6 Å². The largest absolute Gasteiger partial charge is 0.494 e. The van der Waals surface area contributed by atoms with Crippen LogP contribution in [0.15, 0.2) is 76.6 Å². The lowest BCUT2D eigenvalue weighted by atomic mass is 10.1. The Morgan fingerprint density at radius 1 is 1.07 bits per heavy atom. The normalized spacial score (nSPS) is 11.4. The van der Waals surface area contributed by atoms with Gasteiger partial charge in [-0.1, -0.05) is 35.9 Å². The molecule has 0 saturated heterocycles. The quantitative estimate of drug-likeness (QED) is 0.516. The van der Waals surface area contributed by atoms with Gasteiger partial charge in [-0.3, -0.25) is 9.79 Å². The maximum atomic E-state index is 14.1. The SMILES string of the molecule is O=c1c2ccccc2c(C=Nc2ccc(Cl)cc2F)c(O)n1-c1ccccn1. The third-order valence-electron chi connectivity index (χ3n) is 4.22. The number of aliphatic imine (C=N–C) groups is 1. The average molecular weight is 394 g/mol. The predicted molar refractivity (Wildman–Crippen MR) is 108 cm³/mol. The Labute approximate surface area is 164 Å². The van der Waals surface area contributed by atoms with Crippen LogP contribution in [0.5, 0.6) is 5.88 Å². The zero-order chi connectivity index (χ0) is 19.7. The summed E-state index contributed by atoms with van der Waals surface area (Å²) in [5.41, 5.74) is -0.0831. The summed E-state index contributed by atoms with van der Waals surface area (Å²) in [7, 11) is 0. The maximum Gasteiger partial charge on any atom is 0.267 e. The van der Waals surface area contributed by atoms with Gasteiger partial charge in [0.1, 0.15) is 11.6 Å². The molecule has 0 unspecified atom stereocenters. The van der Waals surface area contributed by atoms with E-state index >= 15 is 0 Å². The van der Waals surface area contributed by atoms with Gasteiger partial charge in [0, 0.05) is 28.2 Å². The summed E-state index contributed by atoms with van der Waals surface area (Å²) in [6.45, 7) is 0. The monoisotopic (exact) mass is 393 g/mol. The van der Waals surface area contributed by atoms with Crippen LogP contribution in [0.2, 0.25) is 5.02 Å². The van der Waals surface area contributed by atoms with Crippen molar-refractivity contribution < 1.29 is 9.50 Å². The molecule has 2 heterocycles. The predicted octanol–water partition coefficient (Wildman–Crippen LogP) is 4.63. The van der Waals surface area contributed by atoms with E-state index in [1.807, 2.05) is 0 Å². The van der Waals surface area contributed by atoms with Gasteiger partial charge in [-0.25, -0.2) is 13.9 Å². The van der Waals surface area contributed by atoms with Gasteiger partial charge >= 0.3 is 0 Å². The minimum atomic E-state index is -0.592. The van der Waals surface area contributed by atoms with E-state index in [0.29, 0.717) is 10.8 Å². The van der Waals surface area contributed by atoms with Crippen molar-refractivity contribution in [2.75, 3.05) is 0 Å². The van der Waals surface area contributed by atoms with Crippen molar-refractivity contribution in [3.8, 4) is 11.7 Å². The highest BCUT2D eigenvalue weighted by molar-refractivity contribution is 6.30. The van der Waals surface area contributed by atoms with Crippen LogP contribution in [0.4, 0.5) is 10.1 Å². The summed E-state index contributed by atoms with van der Waals surface area (Å²) in [4.78, 5) is 21.2. The number of pyridine rings is 2. The number of halogens is 2. The highest BCUT2D eigenvalue weighted by Gasteiger charge is 2.16. The van der Waals surface area contributed by atoms with Crippen molar-refractivity contribution in [3.63, 3.8) is 0 Å². The molecule has 0 fully saturated rings. The fourth-order valence-corrected chi connectivity index (χ4v) is 3.07. The van der Waals surface area contributed by atoms with Gasteiger partial charge in [-0.05, 0) is 36.4 Å². The van der Waals surface area contributed by atoms with Gasteiger partial charge in [0.25, 0.3) is 5.56 Å². The summed E-state index contributed by atoms with van der Waals surface area (Å²) < 4.78 is 15.1. The van der Waals surface area contributed by atoms with Gasteiger partial charge in [0.05, 0.1) is 11.3 Å². The van der Waals surface area contributed by atoms with E-state index in [1.165, 1.54) is 24.5 Å². The summed E-state index contributed by atoms with van der Waals surface area (Å²) in [6, 6.07) is 15.9. The lowest BCUT2D eigenvalue weighted by Crippen LogP contribution is -2.20. The molecule has 0 aliphatic heterocycles. The Kier molecular flexibility index (Phi) is 4.63. The second kappa shape index (κ2) is 7.25. The Bertz CT molecular complexity index is 1270. The van der Waals surface area contributed by atoms with Gasteiger partial charge in [-0.15, -0.1) is 0 Å². The smallest absolute Gasteiger partial charge is 0.267 e. The Morgan fingerprint density at radius 3 is 2.54 bits per heavy atom. The van der Waals surface area contributed by atoms with Crippen molar-refractivity contribution >= 4 is 34.3 Å². The average Bonchev–Trinajstić information content (AvgIpc) is 2.70. The molecule has 0 amide bonds. The topological polar surface area (TPSA) is 67.5 Å². The molecular weight excluding hydrogens is 381 g/mol. The molecule has 0 aliphatic carbocycles. The summed E-state index contributed by atoms with van der Waals surface area (Å²) in [5, 5.41) is 12.0. The van der Waals surface area contributed by atoms with Crippen LogP contribution in [0.3, 0.4) is 0 Å². The number of benzene rings is 2. The minimum absolute atomic E-state index is 0.0588. The first kappa shape index (κ1) is 17.9. The molecular formula is C21H13ClFN3O2. The molecule has 0 atom stereocenters. The van der Waals surface area contributed by atoms with Gasteiger partial charge in [-0.2, -0.15) is 0 Å². The second-order valence-electron chi connectivity index (χ2n) is 5.97. The van der Waals surface area contributed by atoms with Crippen molar-refractivity contribution in [2.45, 2.75) is 0 Å². The number of nitrogens with zero attached hydrogens (tertiary/aromatic N) is 3. The van der Waals surface area contributed by atoms with E-state index in [0.717, 1.165) is 10.6 Å². The van der Waals surface area contributed by atoms with E-state index in [2.05, 4.69) is 9.98 Å². The molecule has 0 radical (unpaired) electrons. The molecule has 28 heavy (non-hydrogen) atoms. The van der Waals surface area contributed by atoms with Crippen molar-refractivity contribution in [1.82, 2.24) is 9.55 Å². The van der Waals surface area contributed by atoms with E-state index in [-0.39, 0.29) is 28.0 Å². The number of hydrogen-bond donors (Lipinski definition) is 1. The fraction of sp³-hybridized carbons (Fsp3) is 0. The van der Waals surface area contributed by atoms with Gasteiger partial charge < -0.3 is 5.11 Å². The highest BCUT2D eigenvalue weighted by Crippen LogP contribution is 2.27. The van der Waals surface area contributed by atoms with Crippen LogP contribution in [-0.2, 0) is 0 Å². The molecule has 0 aliphatic rings. The zero-order valence-corrected chi connectivity index (χ0v) is 15.1. The van der Waals surface area contributed by atoms with Crippen molar-refractivity contribution in [2.24, 2.45) is 4.99 Å². The Hall–Kier alpha value is -3.51. The molecule has 2 aromatic carbocycles. The Morgan fingerprint density at radius 2 is 1.82 bits per heavy atom. The fourth-order valence-electron chi connectivity index (χ4n) is 2.91. The first-order chi connectivity index (χ1) is 13.6. The number of rotatable bonds is 3. The van der Waals surface area contributed by atoms with Crippen LogP contribution < -0.4 is 5.56 Å². The molecule has 7 heteroatoms. The molecule has 138 valence electrons. The Balaban J connectivity index is 1.97. The first-order valence-electron chi connectivity index (χ1n) is 8.33. The summed E-state index contributed by atoms with van der Waals surface area (Å²) in [6.07, 6.45) is 2.84. The third kappa shape index (κ3) is 3.14. The lowest BCUT2D eigenvalue weighted by Gasteiger charge is -2.12. The molecule has 1 N–H and O–H groups in total. The molecule has 2 aromatic heterocycles. The first-order valence-corrected chi connectivity index (χ1v) is 8.71. The number of aromatic nitrogens is 2. The molecule has 4 rings (SSSR count). The van der Waals surface area contributed by atoms with Crippen LogP contribution in [0.25, 0.3) is 16.6 Å². The molecule has 0 spiro atoms. The van der Waals surface area contributed by atoms with E-state index in [9.17, 15) is 14.3 Å². The van der Waals surface area contributed by atoms with Crippen LogP contribution in [0.1, 0.15) is 5.56 Å². The van der Waals surface area contributed by atoms with Gasteiger partial charge in [0.2, 0.25) is 5.88 Å². The van der Waals surface area contributed by atoms with E-state index < -0.39 is 11.4 Å². The minimum Gasteiger partial charge on any atom is -0.494 e. The van der Waals surface area contributed by atoms with Gasteiger partial charge in [0.15, 0.2) is 0 Å².